The number of urea groups is 1. The minimum absolute atomic E-state index is 0.136. The molecule has 2 fully saturated rings. The van der Waals surface area contributed by atoms with Crippen LogP contribution in [0.5, 0.6) is 5.75 Å². The van der Waals surface area contributed by atoms with E-state index in [1.165, 1.54) is 4.90 Å². The number of nitrogens with one attached hydrogen (secondary N) is 2. The molecule has 0 bridgehead atoms. The molecule has 3 rings (SSSR count). The lowest BCUT2D eigenvalue weighted by molar-refractivity contribution is -0.131. The fraction of sp³-hybridized carbons (Fsp3) is 0.429. The summed E-state index contributed by atoms with van der Waals surface area (Å²) >= 11 is 0. The zero-order valence-corrected chi connectivity index (χ0v) is 11.3. The van der Waals surface area contributed by atoms with E-state index in [0.717, 1.165) is 17.9 Å². The molecule has 1 spiro atoms. The predicted molar refractivity (Wildman–Crippen MR) is 72.3 cm³/mol. The second-order valence-corrected chi connectivity index (χ2v) is 5.18. The number of hydrogen-bond acceptors (Lipinski definition) is 4. The van der Waals surface area contributed by atoms with Gasteiger partial charge in [0.15, 0.2) is 0 Å². The Bertz CT molecular complexity index is 535. The topological polar surface area (TPSA) is 70.7 Å². The van der Waals surface area contributed by atoms with Crippen LogP contribution in [0.2, 0.25) is 0 Å². The molecule has 2 aliphatic heterocycles. The summed E-state index contributed by atoms with van der Waals surface area (Å²) < 4.78 is 5.09. The van der Waals surface area contributed by atoms with Crippen molar-refractivity contribution in [2.24, 2.45) is 0 Å². The van der Waals surface area contributed by atoms with Crippen molar-refractivity contribution >= 4 is 11.9 Å². The number of rotatable bonds is 3. The van der Waals surface area contributed by atoms with Crippen LogP contribution in [0.1, 0.15) is 12.0 Å². The first kappa shape index (κ1) is 12.9. The molecule has 0 saturated carbocycles. The van der Waals surface area contributed by atoms with Crippen LogP contribution in [0.4, 0.5) is 4.79 Å². The van der Waals surface area contributed by atoms with E-state index >= 15 is 0 Å². The predicted octanol–water partition coefficient (Wildman–Crippen LogP) is 0.479. The van der Waals surface area contributed by atoms with Gasteiger partial charge >= 0.3 is 6.03 Å². The van der Waals surface area contributed by atoms with Gasteiger partial charge in [-0.25, -0.2) is 4.79 Å². The molecule has 0 radical (unpaired) electrons. The third-order valence-electron chi connectivity index (χ3n) is 3.90. The van der Waals surface area contributed by atoms with Crippen molar-refractivity contribution in [2.75, 3.05) is 20.2 Å². The highest BCUT2D eigenvalue weighted by Crippen LogP contribution is 2.25. The molecule has 3 amide bonds. The van der Waals surface area contributed by atoms with Crippen LogP contribution in [0.25, 0.3) is 0 Å². The Morgan fingerprint density at radius 3 is 2.65 bits per heavy atom. The van der Waals surface area contributed by atoms with Crippen molar-refractivity contribution in [2.45, 2.75) is 18.5 Å². The number of carbonyl (C=O) groups is 2. The normalized spacial score (nSPS) is 25.4. The van der Waals surface area contributed by atoms with Crippen molar-refractivity contribution in [3.63, 3.8) is 0 Å². The Hall–Kier alpha value is -2.08. The number of methoxy groups -OCH3 is 1. The molecule has 1 aromatic rings. The molecule has 20 heavy (non-hydrogen) atoms. The molecule has 2 saturated heterocycles. The first-order valence-corrected chi connectivity index (χ1v) is 6.62. The minimum Gasteiger partial charge on any atom is -0.497 e. The second kappa shape index (κ2) is 4.79. The number of carbonyl (C=O) groups excluding carboxylic acids is 2. The van der Waals surface area contributed by atoms with Crippen molar-refractivity contribution in [3.05, 3.63) is 29.8 Å². The third kappa shape index (κ3) is 2.02. The minimum atomic E-state index is -0.733. The van der Waals surface area contributed by atoms with Gasteiger partial charge in [0, 0.05) is 6.54 Å². The molecule has 2 N–H and O–H groups in total. The van der Waals surface area contributed by atoms with Gasteiger partial charge in [-0.15, -0.1) is 0 Å². The van der Waals surface area contributed by atoms with E-state index in [9.17, 15) is 9.59 Å². The Balaban J connectivity index is 1.76. The van der Waals surface area contributed by atoms with Crippen LogP contribution in [-0.4, -0.2) is 42.6 Å². The first-order chi connectivity index (χ1) is 9.64. The molecule has 1 aromatic carbocycles. The average molecular weight is 275 g/mol. The maximum atomic E-state index is 12.4. The van der Waals surface area contributed by atoms with Gasteiger partial charge in [0.2, 0.25) is 0 Å². The Labute approximate surface area is 117 Å². The number of amides is 3. The van der Waals surface area contributed by atoms with E-state index in [4.69, 9.17) is 4.74 Å². The van der Waals surface area contributed by atoms with Gasteiger partial charge in [0.05, 0.1) is 13.7 Å². The van der Waals surface area contributed by atoms with Crippen molar-refractivity contribution < 1.29 is 14.3 Å². The van der Waals surface area contributed by atoms with Crippen molar-refractivity contribution in [3.8, 4) is 5.75 Å². The Kier molecular flexibility index (Phi) is 3.10. The fourth-order valence-electron chi connectivity index (χ4n) is 2.71. The zero-order chi connectivity index (χ0) is 14.2. The van der Waals surface area contributed by atoms with Crippen molar-refractivity contribution in [1.82, 2.24) is 15.5 Å². The number of nitrogens with zero attached hydrogens (tertiary/aromatic N) is 1. The molecule has 6 nitrogen and oxygen atoms in total. The number of ether oxygens (including phenoxy) is 1. The molecule has 2 aliphatic rings. The van der Waals surface area contributed by atoms with Gasteiger partial charge in [0.1, 0.15) is 11.3 Å². The van der Waals surface area contributed by atoms with E-state index in [-0.39, 0.29) is 18.5 Å². The molecule has 1 unspecified atom stereocenters. The third-order valence-corrected chi connectivity index (χ3v) is 3.90. The lowest BCUT2D eigenvalue weighted by Crippen LogP contribution is -2.48. The lowest BCUT2D eigenvalue weighted by Gasteiger charge is -2.19. The SMILES string of the molecule is COc1ccc(CN2C(=O)NC3(CCNC3)C2=O)cc1. The Morgan fingerprint density at radius 2 is 2.05 bits per heavy atom. The molecule has 0 aliphatic carbocycles. The van der Waals surface area contributed by atoms with E-state index in [1.807, 2.05) is 24.3 Å². The summed E-state index contributed by atoms with van der Waals surface area (Å²) in [7, 11) is 1.60. The van der Waals surface area contributed by atoms with E-state index < -0.39 is 5.54 Å². The standard InChI is InChI=1S/C14H17N3O3/c1-20-11-4-2-10(3-5-11)8-17-12(18)14(16-13(17)19)6-7-15-9-14/h2-5,15H,6-9H2,1H3,(H,16,19). The molecule has 106 valence electrons. The van der Waals surface area contributed by atoms with Gasteiger partial charge in [-0.05, 0) is 30.7 Å². The van der Waals surface area contributed by atoms with Gasteiger partial charge in [-0.2, -0.15) is 0 Å². The number of hydrogen-bond donors (Lipinski definition) is 2. The summed E-state index contributed by atoms with van der Waals surface area (Å²) in [5, 5.41) is 5.95. The quantitative estimate of drug-likeness (QED) is 0.787. The fourth-order valence-corrected chi connectivity index (χ4v) is 2.71. The molecule has 1 atom stereocenters. The number of imide groups is 1. The average Bonchev–Trinajstić information content (AvgIpc) is 3.01. The summed E-state index contributed by atoms with van der Waals surface area (Å²) in [6.07, 6.45) is 0.649. The monoisotopic (exact) mass is 275 g/mol. The van der Waals surface area contributed by atoms with Crippen LogP contribution in [-0.2, 0) is 11.3 Å². The summed E-state index contributed by atoms with van der Waals surface area (Å²) in [4.78, 5) is 25.7. The zero-order valence-electron chi connectivity index (χ0n) is 11.3. The maximum Gasteiger partial charge on any atom is 0.325 e. The van der Waals surface area contributed by atoms with Crippen LogP contribution < -0.4 is 15.4 Å². The first-order valence-electron chi connectivity index (χ1n) is 6.62. The van der Waals surface area contributed by atoms with Crippen LogP contribution >= 0.6 is 0 Å². The van der Waals surface area contributed by atoms with Crippen LogP contribution in [0, 0.1) is 0 Å². The summed E-state index contributed by atoms with van der Waals surface area (Å²) in [6.45, 7) is 1.55. The highest BCUT2D eigenvalue weighted by Gasteiger charge is 2.52. The largest absolute Gasteiger partial charge is 0.497 e. The molecule has 0 aromatic heterocycles. The lowest BCUT2D eigenvalue weighted by atomic mass is 9.99. The smallest absolute Gasteiger partial charge is 0.325 e. The highest BCUT2D eigenvalue weighted by molar-refractivity contribution is 6.07. The van der Waals surface area contributed by atoms with Gasteiger partial charge in [0.25, 0.3) is 5.91 Å². The molecular weight excluding hydrogens is 258 g/mol. The number of benzene rings is 1. The van der Waals surface area contributed by atoms with Crippen LogP contribution in [0.15, 0.2) is 24.3 Å². The highest BCUT2D eigenvalue weighted by atomic mass is 16.5. The van der Waals surface area contributed by atoms with Gasteiger partial charge in [-0.1, -0.05) is 12.1 Å². The maximum absolute atomic E-state index is 12.4. The summed E-state index contributed by atoms with van der Waals surface area (Å²) in [5.74, 6) is 0.616. The second-order valence-electron chi connectivity index (χ2n) is 5.18. The Morgan fingerprint density at radius 1 is 1.30 bits per heavy atom. The van der Waals surface area contributed by atoms with E-state index in [2.05, 4.69) is 10.6 Å². The summed E-state index contributed by atoms with van der Waals surface area (Å²) in [6, 6.07) is 7.05. The molecular formula is C14H17N3O3. The molecule has 2 heterocycles. The van der Waals surface area contributed by atoms with E-state index in [1.54, 1.807) is 7.11 Å². The van der Waals surface area contributed by atoms with E-state index in [0.29, 0.717) is 13.0 Å². The summed E-state index contributed by atoms with van der Waals surface area (Å²) in [5.41, 5.74) is 0.168. The van der Waals surface area contributed by atoms with Gasteiger partial charge < -0.3 is 15.4 Å². The van der Waals surface area contributed by atoms with Crippen molar-refractivity contribution in [1.29, 1.82) is 0 Å². The van der Waals surface area contributed by atoms with Gasteiger partial charge in [-0.3, -0.25) is 9.69 Å². The molecule has 6 heteroatoms. The van der Waals surface area contributed by atoms with Crippen LogP contribution in [0.3, 0.4) is 0 Å².